The number of likely N-dealkylation sites (tertiary alicyclic amines) is 1. The monoisotopic (exact) mass is 517 g/mol. The molecule has 3 fully saturated rings. The summed E-state index contributed by atoms with van der Waals surface area (Å²) in [5.41, 5.74) is 1.81. The maximum Gasteiger partial charge on any atom is 0.193 e. The summed E-state index contributed by atoms with van der Waals surface area (Å²) in [6.07, 6.45) is 8.88. The Morgan fingerprint density at radius 3 is 2.54 bits per heavy atom. The Kier molecular flexibility index (Phi) is 7.54. The highest BCUT2D eigenvalue weighted by atomic mass is 127. The quantitative estimate of drug-likeness (QED) is 0.354. The van der Waals surface area contributed by atoms with Crippen molar-refractivity contribution in [1.29, 1.82) is 0 Å². The number of halogens is 2. The largest absolute Gasteiger partial charge is 0.381 e. The number of guanidine groups is 1. The molecule has 6 heteroatoms. The van der Waals surface area contributed by atoms with E-state index in [4.69, 9.17) is 16.3 Å². The van der Waals surface area contributed by atoms with Crippen LogP contribution in [0.1, 0.15) is 50.5 Å². The number of hydrogen-bond donors (Lipinski definition) is 1. The van der Waals surface area contributed by atoms with E-state index in [9.17, 15) is 0 Å². The molecule has 2 saturated heterocycles. The number of hydrogen-bond acceptors (Lipinski definition) is 2. The maximum absolute atomic E-state index is 6.60. The first-order valence-corrected chi connectivity index (χ1v) is 10.8. The normalized spacial score (nSPS) is 23.6. The highest BCUT2D eigenvalue weighted by molar-refractivity contribution is 14.0. The molecule has 0 aromatic heterocycles. The third-order valence-corrected chi connectivity index (χ3v) is 7.42. The van der Waals surface area contributed by atoms with Gasteiger partial charge in [0.15, 0.2) is 5.96 Å². The number of ether oxygens (including phenoxy) is 1. The fraction of sp³-hybridized carbons (Fsp3) is 0.682. The third-order valence-electron chi connectivity index (χ3n) is 7.09. The number of nitrogens with one attached hydrogen (secondary N) is 1. The number of nitrogens with zero attached hydrogens (tertiary/aromatic N) is 2. The molecule has 28 heavy (non-hydrogen) atoms. The molecule has 0 radical (unpaired) electrons. The Bertz CT molecular complexity index is 684. The van der Waals surface area contributed by atoms with E-state index in [-0.39, 0.29) is 29.4 Å². The molecule has 1 aromatic carbocycles. The van der Waals surface area contributed by atoms with E-state index < -0.39 is 0 Å². The van der Waals surface area contributed by atoms with Crippen LogP contribution in [0.2, 0.25) is 5.02 Å². The second-order valence-corrected chi connectivity index (χ2v) is 9.06. The van der Waals surface area contributed by atoms with Crippen molar-refractivity contribution in [3.63, 3.8) is 0 Å². The molecule has 1 aliphatic carbocycles. The van der Waals surface area contributed by atoms with E-state index >= 15 is 0 Å². The van der Waals surface area contributed by atoms with E-state index in [0.29, 0.717) is 5.41 Å². The Balaban J connectivity index is 0.00000225. The van der Waals surface area contributed by atoms with Crippen LogP contribution >= 0.6 is 35.6 Å². The van der Waals surface area contributed by atoms with Crippen molar-refractivity contribution in [1.82, 2.24) is 10.2 Å². The predicted molar refractivity (Wildman–Crippen MR) is 127 cm³/mol. The van der Waals surface area contributed by atoms with Crippen LogP contribution in [0.15, 0.2) is 29.3 Å². The van der Waals surface area contributed by atoms with Gasteiger partial charge in [-0.15, -0.1) is 24.0 Å². The zero-order valence-corrected chi connectivity index (χ0v) is 20.0. The van der Waals surface area contributed by atoms with Crippen molar-refractivity contribution in [3.05, 3.63) is 34.9 Å². The lowest BCUT2D eigenvalue weighted by atomic mass is 9.74. The molecule has 156 valence electrons. The molecule has 0 unspecified atom stereocenters. The van der Waals surface area contributed by atoms with Crippen molar-refractivity contribution < 1.29 is 4.74 Å². The Morgan fingerprint density at radius 1 is 1.14 bits per heavy atom. The summed E-state index contributed by atoms with van der Waals surface area (Å²) in [6, 6.07) is 8.29. The molecule has 1 spiro atoms. The van der Waals surface area contributed by atoms with Gasteiger partial charge in [-0.25, -0.2) is 0 Å². The first-order chi connectivity index (χ1) is 13.2. The van der Waals surface area contributed by atoms with E-state index in [1.165, 1.54) is 37.7 Å². The van der Waals surface area contributed by atoms with Gasteiger partial charge >= 0.3 is 0 Å². The number of benzene rings is 1. The SMILES string of the molecule is CN=C(NCC1(c2ccccc2Cl)CCOCC1)N1CCC2(CCCC2)C1.I. The van der Waals surface area contributed by atoms with Gasteiger partial charge in [0, 0.05) is 50.3 Å². The number of aliphatic imine (C=N–C) groups is 1. The molecule has 3 aliphatic rings. The maximum atomic E-state index is 6.60. The van der Waals surface area contributed by atoms with Crippen LogP contribution in [0.4, 0.5) is 0 Å². The van der Waals surface area contributed by atoms with Gasteiger partial charge in [-0.05, 0) is 49.1 Å². The van der Waals surface area contributed by atoms with Crippen molar-refractivity contribution >= 4 is 41.5 Å². The number of rotatable bonds is 3. The summed E-state index contributed by atoms with van der Waals surface area (Å²) in [5.74, 6) is 1.05. The van der Waals surface area contributed by atoms with Crippen molar-refractivity contribution in [3.8, 4) is 0 Å². The van der Waals surface area contributed by atoms with Gasteiger partial charge in [-0.3, -0.25) is 4.99 Å². The molecular weight excluding hydrogens is 485 g/mol. The van der Waals surface area contributed by atoms with Gasteiger partial charge in [0.05, 0.1) is 0 Å². The van der Waals surface area contributed by atoms with Crippen LogP contribution in [0, 0.1) is 5.41 Å². The average molecular weight is 518 g/mol. The van der Waals surface area contributed by atoms with Crippen molar-refractivity contribution in [2.45, 2.75) is 50.4 Å². The second kappa shape index (κ2) is 9.52. The lowest BCUT2D eigenvalue weighted by Gasteiger charge is -2.39. The lowest BCUT2D eigenvalue weighted by Crippen LogP contribution is -2.49. The summed E-state index contributed by atoms with van der Waals surface area (Å²) in [5, 5.41) is 4.58. The van der Waals surface area contributed by atoms with Gasteiger partial charge < -0.3 is 15.0 Å². The topological polar surface area (TPSA) is 36.9 Å². The van der Waals surface area contributed by atoms with E-state index in [1.54, 1.807) is 0 Å². The Labute approximate surface area is 191 Å². The lowest BCUT2D eigenvalue weighted by molar-refractivity contribution is 0.0512. The van der Waals surface area contributed by atoms with Crippen LogP contribution in [0.3, 0.4) is 0 Å². The van der Waals surface area contributed by atoms with Gasteiger partial charge in [-0.1, -0.05) is 42.6 Å². The fourth-order valence-electron chi connectivity index (χ4n) is 5.42. The summed E-state index contributed by atoms with van der Waals surface area (Å²) in [4.78, 5) is 7.10. The van der Waals surface area contributed by atoms with Crippen molar-refractivity contribution in [2.24, 2.45) is 10.4 Å². The minimum absolute atomic E-state index is 0. The van der Waals surface area contributed by atoms with E-state index in [2.05, 4.69) is 27.3 Å². The van der Waals surface area contributed by atoms with Crippen LogP contribution in [-0.4, -0.2) is 50.8 Å². The molecule has 1 saturated carbocycles. The summed E-state index contributed by atoms with van der Waals surface area (Å²) < 4.78 is 5.67. The fourth-order valence-corrected chi connectivity index (χ4v) is 5.76. The molecular formula is C22H33ClIN3O. The minimum Gasteiger partial charge on any atom is -0.381 e. The van der Waals surface area contributed by atoms with Gasteiger partial charge in [0.25, 0.3) is 0 Å². The zero-order valence-electron chi connectivity index (χ0n) is 16.9. The molecule has 1 N–H and O–H groups in total. The smallest absolute Gasteiger partial charge is 0.193 e. The molecule has 4 nitrogen and oxygen atoms in total. The van der Waals surface area contributed by atoms with Gasteiger partial charge in [0.1, 0.15) is 0 Å². The summed E-state index contributed by atoms with van der Waals surface area (Å²) in [7, 11) is 1.91. The molecule has 2 aliphatic heterocycles. The molecule has 0 atom stereocenters. The average Bonchev–Trinajstić information content (AvgIpc) is 3.33. The highest BCUT2D eigenvalue weighted by Gasteiger charge is 2.42. The van der Waals surface area contributed by atoms with Gasteiger partial charge in [-0.2, -0.15) is 0 Å². The molecule has 4 rings (SSSR count). The standard InChI is InChI=1S/C22H32ClN3O.HI/c1-24-20(26-13-10-21(17-26)8-4-5-9-21)25-16-22(11-14-27-15-12-22)18-6-2-3-7-19(18)23;/h2-3,6-7H,4-5,8-17H2,1H3,(H,24,25);1H. The van der Waals surface area contributed by atoms with Gasteiger partial charge in [0.2, 0.25) is 0 Å². The molecule has 0 bridgehead atoms. The first kappa shape index (κ1) is 22.2. The van der Waals surface area contributed by atoms with Crippen LogP contribution in [0.5, 0.6) is 0 Å². The molecule has 1 aromatic rings. The predicted octanol–water partition coefficient (Wildman–Crippen LogP) is 4.85. The molecule has 0 amide bonds. The Hall–Kier alpha value is -0.530. The minimum atomic E-state index is 0. The molecule has 2 heterocycles. The van der Waals surface area contributed by atoms with Crippen LogP contribution < -0.4 is 5.32 Å². The van der Waals surface area contributed by atoms with Crippen LogP contribution in [-0.2, 0) is 10.2 Å². The van der Waals surface area contributed by atoms with E-state index in [0.717, 1.165) is 56.7 Å². The highest BCUT2D eigenvalue weighted by Crippen LogP contribution is 2.45. The zero-order chi connectivity index (χ0) is 18.7. The van der Waals surface area contributed by atoms with E-state index in [1.807, 2.05) is 19.2 Å². The third kappa shape index (κ3) is 4.46. The van der Waals surface area contributed by atoms with Crippen molar-refractivity contribution in [2.75, 3.05) is 39.9 Å². The first-order valence-electron chi connectivity index (χ1n) is 10.4. The van der Waals surface area contributed by atoms with Crippen LogP contribution in [0.25, 0.3) is 0 Å². The Morgan fingerprint density at radius 2 is 1.86 bits per heavy atom. The summed E-state index contributed by atoms with van der Waals surface area (Å²) in [6.45, 7) is 4.73. The second-order valence-electron chi connectivity index (χ2n) is 8.65. The summed E-state index contributed by atoms with van der Waals surface area (Å²) >= 11 is 6.60.